The normalized spacial score (nSPS) is 23.4. The maximum Gasteiger partial charge on any atom is 0.267 e. The number of hydrogen-bond acceptors (Lipinski definition) is 4. The van der Waals surface area contributed by atoms with E-state index in [1.807, 2.05) is 23.6 Å². The summed E-state index contributed by atoms with van der Waals surface area (Å²) in [5, 5.41) is 9.96. The minimum absolute atomic E-state index is 0.000874. The van der Waals surface area contributed by atoms with Gasteiger partial charge in [0.05, 0.1) is 10.9 Å². The fourth-order valence-corrected chi connectivity index (χ4v) is 3.27. The molecule has 3 rings (SSSR count). The minimum Gasteiger partial charge on any atom is -0.316 e. The zero-order chi connectivity index (χ0) is 13.2. The Labute approximate surface area is 116 Å². The summed E-state index contributed by atoms with van der Waals surface area (Å²) in [5.74, 6) is 0.428. The lowest BCUT2D eigenvalue weighted by molar-refractivity contribution is 0.248. The van der Waals surface area contributed by atoms with Gasteiger partial charge in [-0.3, -0.25) is 4.79 Å². The highest BCUT2D eigenvalue weighted by atomic mass is 32.1. The molecule has 5 heteroatoms. The molecule has 0 saturated carbocycles. The predicted molar refractivity (Wildman–Crippen MR) is 77.5 cm³/mol. The van der Waals surface area contributed by atoms with E-state index in [1.54, 1.807) is 22.1 Å². The van der Waals surface area contributed by atoms with Crippen LogP contribution in [-0.4, -0.2) is 22.9 Å². The summed E-state index contributed by atoms with van der Waals surface area (Å²) < 4.78 is 1.68. The van der Waals surface area contributed by atoms with Crippen molar-refractivity contribution >= 4 is 11.3 Å². The number of aromatic nitrogens is 2. The Morgan fingerprint density at radius 3 is 3.05 bits per heavy atom. The molecule has 4 nitrogen and oxygen atoms in total. The van der Waals surface area contributed by atoms with E-state index in [0.717, 1.165) is 30.1 Å². The first-order valence-electron chi connectivity index (χ1n) is 6.60. The standard InChI is InChI=1S/C14H17N3OS/c1-10-9-15-7-6-12(10)17-14(18)5-4-11(16-17)13-3-2-8-19-13/h2-5,8,10,12,15H,6-7,9H2,1H3. The van der Waals surface area contributed by atoms with Crippen molar-refractivity contribution in [2.24, 2.45) is 5.92 Å². The highest BCUT2D eigenvalue weighted by Gasteiger charge is 2.24. The average Bonchev–Trinajstić information content (AvgIpc) is 2.94. The van der Waals surface area contributed by atoms with Gasteiger partial charge in [0.15, 0.2) is 0 Å². The second kappa shape index (κ2) is 5.27. The van der Waals surface area contributed by atoms with Crippen LogP contribution in [0, 0.1) is 5.92 Å². The molecule has 0 amide bonds. The minimum atomic E-state index is -0.000874. The van der Waals surface area contributed by atoms with Crippen LogP contribution in [0.5, 0.6) is 0 Å². The van der Waals surface area contributed by atoms with Crippen LogP contribution >= 0.6 is 11.3 Å². The molecule has 0 spiro atoms. The molecule has 0 bridgehead atoms. The van der Waals surface area contributed by atoms with E-state index < -0.39 is 0 Å². The van der Waals surface area contributed by atoms with E-state index in [2.05, 4.69) is 17.3 Å². The molecule has 2 unspecified atom stereocenters. The van der Waals surface area contributed by atoms with Crippen LogP contribution < -0.4 is 10.9 Å². The summed E-state index contributed by atoms with van der Waals surface area (Å²) in [5.41, 5.74) is 0.888. The Balaban J connectivity index is 2.00. The maximum atomic E-state index is 12.1. The fraction of sp³-hybridized carbons (Fsp3) is 0.429. The number of hydrogen-bond donors (Lipinski definition) is 1. The number of nitrogens with one attached hydrogen (secondary N) is 1. The molecule has 19 heavy (non-hydrogen) atoms. The Kier molecular flexibility index (Phi) is 3.48. The molecular weight excluding hydrogens is 258 g/mol. The van der Waals surface area contributed by atoms with E-state index in [1.165, 1.54) is 0 Å². The third-order valence-corrected chi connectivity index (χ3v) is 4.55. The van der Waals surface area contributed by atoms with Gasteiger partial charge in [0.25, 0.3) is 5.56 Å². The quantitative estimate of drug-likeness (QED) is 0.913. The summed E-state index contributed by atoms with van der Waals surface area (Å²) in [6, 6.07) is 7.69. The largest absolute Gasteiger partial charge is 0.316 e. The van der Waals surface area contributed by atoms with Crippen LogP contribution in [0.3, 0.4) is 0 Å². The lowest BCUT2D eigenvalue weighted by atomic mass is 9.95. The van der Waals surface area contributed by atoms with Crippen molar-refractivity contribution in [2.75, 3.05) is 13.1 Å². The predicted octanol–water partition coefficient (Wildman–Crippen LogP) is 2.14. The molecule has 100 valence electrons. The van der Waals surface area contributed by atoms with Crippen LogP contribution in [0.25, 0.3) is 10.6 Å². The van der Waals surface area contributed by atoms with Gasteiger partial charge in [0.1, 0.15) is 5.69 Å². The molecule has 2 aromatic heterocycles. The summed E-state index contributed by atoms with van der Waals surface area (Å²) >= 11 is 1.65. The van der Waals surface area contributed by atoms with Crippen LogP contribution in [-0.2, 0) is 0 Å². The van der Waals surface area contributed by atoms with Crippen molar-refractivity contribution in [2.45, 2.75) is 19.4 Å². The van der Waals surface area contributed by atoms with Crippen LogP contribution in [0.2, 0.25) is 0 Å². The molecule has 1 saturated heterocycles. The van der Waals surface area contributed by atoms with Crippen molar-refractivity contribution in [1.82, 2.24) is 15.1 Å². The van der Waals surface area contributed by atoms with Gasteiger partial charge in [0.2, 0.25) is 0 Å². The van der Waals surface area contributed by atoms with E-state index in [4.69, 9.17) is 0 Å². The Hall–Kier alpha value is -1.46. The zero-order valence-corrected chi connectivity index (χ0v) is 11.7. The SMILES string of the molecule is CC1CNCCC1n1nc(-c2cccs2)ccc1=O. The number of thiophene rings is 1. The van der Waals surface area contributed by atoms with Gasteiger partial charge in [-0.05, 0) is 42.9 Å². The molecule has 1 N–H and O–H groups in total. The lowest BCUT2D eigenvalue weighted by Crippen LogP contribution is -2.40. The van der Waals surface area contributed by atoms with E-state index in [0.29, 0.717) is 5.92 Å². The van der Waals surface area contributed by atoms with Gasteiger partial charge in [0, 0.05) is 6.07 Å². The smallest absolute Gasteiger partial charge is 0.267 e. The van der Waals surface area contributed by atoms with Crippen molar-refractivity contribution in [3.05, 3.63) is 40.0 Å². The summed E-state index contributed by atoms with van der Waals surface area (Å²) in [6.07, 6.45) is 0.960. The van der Waals surface area contributed by atoms with Crippen molar-refractivity contribution in [3.63, 3.8) is 0 Å². The van der Waals surface area contributed by atoms with E-state index >= 15 is 0 Å². The van der Waals surface area contributed by atoms with Gasteiger partial charge in [-0.2, -0.15) is 5.10 Å². The summed E-state index contributed by atoms with van der Waals surface area (Å²) in [7, 11) is 0. The van der Waals surface area contributed by atoms with Crippen LogP contribution in [0.4, 0.5) is 0 Å². The Morgan fingerprint density at radius 2 is 2.32 bits per heavy atom. The number of rotatable bonds is 2. The third kappa shape index (κ3) is 2.48. The number of nitrogens with zero attached hydrogens (tertiary/aromatic N) is 2. The monoisotopic (exact) mass is 275 g/mol. The molecule has 0 aromatic carbocycles. The second-order valence-electron chi connectivity index (χ2n) is 5.02. The Bertz CT molecular complexity index is 605. The van der Waals surface area contributed by atoms with Gasteiger partial charge in [-0.25, -0.2) is 4.68 Å². The first kappa shape index (κ1) is 12.6. The van der Waals surface area contributed by atoms with Gasteiger partial charge >= 0.3 is 0 Å². The maximum absolute atomic E-state index is 12.1. The van der Waals surface area contributed by atoms with Gasteiger partial charge in [-0.1, -0.05) is 13.0 Å². The highest BCUT2D eigenvalue weighted by molar-refractivity contribution is 7.13. The fourth-order valence-electron chi connectivity index (χ4n) is 2.58. The Morgan fingerprint density at radius 1 is 1.42 bits per heavy atom. The van der Waals surface area contributed by atoms with Crippen molar-refractivity contribution < 1.29 is 0 Å². The molecular formula is C14H17N3OS. The molecule has 1 aliphatic heterocycles. The highest BCUT2D eigenvalue weighted by Crippen LogP contribution is 2.25. The summed E-state index contributed by atoms with van der Waals surface area (Å²) in [6.45, 7) is 4.07. The van der Waals surface area contributed by atoms with Crippen LogP contribution in [0.1, 0.15) is 19.4 Å². The first-order chi connectivity index (χ1) is 9.25. The van der Waals surface area contributed by atoms with Crippen molar-refractivity contribution in [3.8, 4) is 10.6 Å². The number of piperidine rings is 1. The molecule has 1 fully saturated rings. The van der Waals surface area contributed by atoms with E-state index in [-0.39, 0.29) is 11.6 Å². The average molecular weight is 275 g/mol. The van der Waals surface area contributed by atoms with Crippen LogP contribution in [0.15, 0.2) is 34.4 Å². The third-order valence-electron chi connectivity index (χ3n) is 3.65. The molecule has 1 aliphatic rings. The molecule has 2 aromatic rings. The van der Waals surface area contributed by atoms with E-state index in [9.17, 15) is 4.79 Å². The topological polar surface area (TPSA) is 46.9 Å². The lowest BCUT2D eigenvalue weighted by Gasteiger charge is -2.30. The molecule has 0 aliphatic carbocycles. The molecule has 3 heterocycles. The zero-order valence-electron chi connectivity index (χ0n) is 10.9. The second-order valence-corrected chi connectivity index (χ2v) is 5.96. The van der Waals surface area contributed by atoms with Crippen molar-refractivity contribution in [1.29, 1.82) is 0 Å². The summed E-state index contributed by atoms with van der Waals surface area (Å²) in [4.78, 5) is 13.2. The molecule has 2 atom stereocenters. The van der Waals surface area contributed by atoms with Gasteiger partial charge < -0.3 is 5.32 Å². The van der Waals surface area contributed by atoms with Gasteiger partial charge in [-0.15, -0.1) is 11.3 Å². The first-order valence-corrected chi connectivity index (χ1v) is 7.48. The molecule has 0 radical (unpaired) electrons.